The highest BCUT2D eigenvalue weighted by atomic mass is 15.2. The summed E-state index contributed by atoms with van der Waals surface area (Å²) in [5.74, 6) is 0. The molecule has 1 atom stereocenters. The van der Waals surface area contributed by atoms with E-state index in [4.69, 9.17) is 0 Å². The van der Waals surface area contributed by atoms with Gasteiger partial charge in [-0.3, -0.25) is 4.90 Å². The van der Waals surface area contributed by atoms with Gasteiger partial charge in [0, 0.05) is 31.7 Å². The van der Waals surface area contributed by atoms with Crippen molar-refractivity contribution in [2.24, 2.45) is 0 Å². The van der Waals surface area contributed by atoms with Gasteiger partial charge < -0.3 is 10.2 Å². The number of nitrogens with one attached hydrogen (secondary N) is 1. The third-order valence-corrected chi connectivity index (χ3v) is 4.61. The molecule has 2 fully saturated rings. The van der Waals surface area contributed by atoms with Gasteiger partial charge in [0.15, 0.2) is 0 Å². The Hall–Kier alpha value is -0.900. The average Bonchev–Trinajstić information content (AvgIpc) is 2.49. The smallest absolute Gasteiger partial charge is 0.0449 e. The van der Waals surface area contributed by atoms with E-state index < -0.39 is 0 Å². The standard InChI is InChI=1S/C16H25N3/c1-18-10-7-15(8-11-18)19-12-9-17-16(13-19)14-5-3-2-4-6-14/h2-6,15-17H,7-13H2,1H3. The third-order valence-electron chi connectivity index (χ3n) is 4.61. The molecule has 3 rings (SSSR count). The molecule has 0 aliphatic carbocycles. The molecule has 2 aliphatic rings. The SMILES string of the molecule is CN1CCC(N2CCNC(c3ccccc3)C2)CC1. The fourth-order valence-electron chi connectivity index (χ4n) is 3.37. The molecule has 0 bridgehead atoms. The van der Waals surface area contributed by atoms with Crippen LogP contribution in [0.15, 0.2) is 30.3 Å². The topological polar surface area (TPSA) is 18.5 Å². The van der Waals surface area contributed by atoms with E-state index in [0.29, 0.717) is 6.04 Å². The van der Waals surface area contributed by atoms with Crippen molar-refractivity contribution in [2.75, 3.05) is 39.8 Å². The maximum absolute atomic E-state index is 3.66. The van der Waals surface area contributed by atoms with E-state index in [2.05, 4.69) is 52.5 Å². The van der Waals surface area contributed by atoms with Gasteiger partial charge in [0.2, 0.25) is 0 Å². The largest absolute Gasteiger partial charge is 0.308 e. The maximum Gasteiger partial charge on any atom is 0.0449 e. The Kier molecular flexibility index (Phi) is 4.16. The molecular weight excluding hydrogens is 234 g/mol. The van der Waals surface area contributed by atoms with E-state index in [1.165, 1.54) is 44.6 Å². The van der Waals surface area contributed by atoms with Crippen molar-refractivity contribution in [1.82, 2.24) is 15.1 Å². The molecule has 1 aromatic rings. The van der Waals surface area contributed by atoms with Crippen LogP contribution in [0.1, 0.15) is 24.4 Å². The molecule has 1 N–H and O–H groups in total. The second-order valence-corrected chi connectivity index (χ2v) is 5.95. The van der Waals surface area contributed by atoms with Crippen LogP contribution in [-0.4, -0.2) is 55.6 Å². The summed E-state index contributed by atoms with van der Waals surface area (Å²) in [7, 11) is 2.24. The number of rotatable bonds is 2. The molecule has 2 aliphatic heterocycles. The summed E-state index contributed by atoms with van der Waals surface area (Å²) < 4.78 is 0. The summed E-state index contributed by atoms with van der Waals surface area (Å²) in [5, 5.41) is 3.66. The fourth-order valence-corrected chi connectivity index (χ4v) is 3.37. The first-order chi connectivity index (χ1) is 9.33. The van der Waals surface area contributed by atoms with Crippen molar-refractivity contribution in [2.45, 2.75) is 24.9 Å². The van der Waals surface area contributed by atoms with Crippen molar-refractivity contribution in [1.29, 1.82) is 0 Å². The summed E-state index contributed by atoms with van der Waals surface area (Å²) in [6.45, 7) is 6.00. The van der Waals surface area contributed by atoms with Crippen LogP contribution in [0.5, 0.6) is 0 Å². The van der Waals surface area contributed by atoms with E-state index in [1.807, 2.05) is 0 Å². The van der Waals surface area contributed by atoms with Crippen molar-refractivity contribution in [3.63, 3.8) is 0 Å². The third kappa shape index (κ3) is 3.16. The maximum atomic E-state index is 3.66. The highest BCUT2D eigenvalue weighted by Gasteiger charge is 2.28. The van der Waals surface area contributed by atoms with E-state index in [0.717, 1.165) is 12.6 Å². The first kappa shape index (κ1) is 13.1. The van der Waals surface area contributed by atoms with Crippen molar-refractivity contribution < 1.29 is 0 Å². The van der Waals surface area contributed by atoms with Gasteiger partial charge in [-0.2, -0.15) is 0 Å². The molecule has 1 unspecified atom stereocenters. The van der Waals surface area contributed by atoms with Crippen molar-refractivity contribution >= 4 is 0 Å². The molecule has 0 saturated carbocycles. The van der Waals surface area contributed by atoms with E-state index >= 15 is 0 Å². The second-order valence-electron chi connectivity index (χ2n) is 5.95. The second kappa shape index (κ2) is 6.04. The molecule has 19 heavy (non-hydrogen) atoms. The number of likely N-dealkylation sites (tertiary alicyclic amines) is 1. The van der Waals surface area contributed by atoms with Crippen LogP contribution >= 0.6 is 0 Å². The number of piperazine rings is 1. The predicted octanol–water partition coefficient (Wildman–Crippen LogP) is 1.73. The number of hydrogen-bond donors (Lipinski definition) is 1. The zero-order chi connectivity index (χ0) is 13.1. The van der Waals surface area contributed by atoms with Gasteiger partial charge in [0.05, 0.1) is 0 Å². The molecule has 2 saturated heterocycles. The lowest BCUT2D eigenvalue weighted by Crippen LogP contribution is -2.52. The predicted molar refractivity (Wildman–Crippen MR) is 79.3 cm³/mol. The Bertz CT molecular complexity index is 384. The fraction of sp³-hybridized carbons (Fsp3) is 0.625. The van der Waals surface area contributed by atoms with Crippen LogP contribution in [-0.2, 0) is 0 Å². The van der Waals surface area contributed by atoms with Gasteiger partial charge in [-0.1, -0.05) is 30.3 Å². The molecule has 1 aromatic carbocycles. The lowest BCUT2D eigenvalue weighted by atomic mass is 9.99. The minimum Gasteiger partial charge on any atom is -0.308 e. The Morgan fingerprint density at radius 2 is 1.79 bits per heavy atom. The molecule has 2 heterocycles. The van der Waals surface area contributed by atoms with Crippen LogP contribution < -0.4 is 5.32 Å². The van der Waals surface area contributed by atoms with Crippen LogP contribution in [0.25, 0.3) is 0 Å². The molecule has 104 valence electrons. The molecule has 3 nitrogen and oxygen atoms in total. The zero-order valence-corrected chi connectivity index (χ0v) is 11.9. The van der Waals surface area contributed by atoms with Gasteiger partial charge in [-0.15, -0.1) is 0 Å². The first-order valence-electron chi connectivity index (χ1n) is 7.54. The lowest BCUT2D eigenvalue weighted by molar-refractivity contribution is 0.0919. The first-order valence-corrected chi connectivity index (χ1v) is 7.54. The van der Waals surface area contributed by atoms with Gasteiger partial charge in [0.1, 0.15) is 0 Å². The van der Waals surface area contributed by atoms with Gasteiger partial charge in [0.25, 0.3) is 0 Å². The highest BCUT2D eigenvalue weighted by Crippen LogP contribution is 2.22. The lowest BCUT2D eigenvalue weighted by Gasteiger charge is -2.42. The number of benzene rings is 1. The highest BCUT2D eigenvalue weighted by molar-refractivity contribution is 5.19. The normalized spacial score (nSPS) is 27.5. The molecule has 0 radical (unpaired) electrons. The van der Waals surface area contributed by atoms with Crippen LogP contribution in [0.4, 0.5) is 0 Å². The van der Waals surface area contributed by atoms with Crippen molar-refractivity contribution in [3.05, 3.63) is 35.9 Å². The van der Waals surface area contributed by atoms with E-state index in [1.54, 1.807) is 0 Å². The monoisotopic (exact) mass is 259 g/mol. The molecule has 0 spiro atoms. The van der Waals surface area contributed by atoms with Gasteiger partial charge >= 0.3 is 0 Å². The Balaban J connectivity index is 1.62. The minimum atomic E-state index is 0.509. The Morgan fingerprint density at radius 3 is 2.53 bits per heavy atom. The number of piperidine rings is 1. The molecular formula is C16H25N3. The average molecular weight is 259 g/mol. The summed E-state index contributed by atoms with van der Waals surface area (Å²) in [6.07, 6.45) is 2.66. The quantitative estimate of drug-likeness (QED) is 0.872. The summed E-state index contributed by atoms with van der Waals surface area (Å²) in [6, 6.07) is 12.2. The summed E-state index contributed by atoms with van der Waals surface area (Å²) >= 11 is 0. The van der Waals surface area contributed by atoms with Crippen LogP contribution in [0.3, 0.4) is 0 Å². The van der Waals surface area contributed by atoms with E-state index in [-0.39, 0.29) is 0 Å². The summed E-state index contributed by atoms with van der Waals surface area (Å²) in [4.78, 5) is 5.16. The van der Waals surface area contributed by atoms with Gasteiger partial charge in [-0.05, 0) is 38.5 Å². The van der Waals surface area contributed by atoms with Crippen LogP contribution in [0, 0.1) is 0 Å². The number of nitrogens with zero attached hydrogens (tertiary/aromatic N) is 2. The number of hydrogen-bond acceptors (Lipinski definition) is 3. The molecule has 0 aromatic heterocycles. The Labute approximate surface area is 116 Å². The summed E-state index contributed by atoms with van der Waals surface area (Å²) in [5.41, 5.74) is 1.43. The molecule has 0 amide bonds. The van der Waals surface area contributed by atoms with Crippen LogP contribution in [0.2, 0.25) is 0 Å². The minimum absolute atomic E-state index is 0.509. The Morgan fingerprint density at radius 1 is 1.05 bits per heavy atom. The van der Waals surface area contributed by atoms with Crippen molar-refractivity contribution in [3.8, 4) is 0 Å². The van der Waals surface area contributed by atoms with E-state index in [9.17, 15) is 0 Å². The zero-order valence-electron chi connectivity index (χ0n) is 11.9. The molecule has 3 heteroatoms. The van der Waals surface area contributed by atoms with Gasteiger partial charge in [-0.25, -0.2) is 0 Å².